The fraction of sp³-hybridized carbons (Fsp3) is 0.350. The van der Waals surface area contributed by atoms with Gasteiger partial charge >= 0.3 is 0 Å². The van der Waals surface area contributed by atoms with Crippen LogP contribution in [-0.2, 0) is 17.6 Å². The Morgan fingerprint density at radius 3 is 2.62 bits per heavy atom. The number of fused-ring (bicyclic) bond motifs is 1. The third-order valence-corrected chi connectivity index (χ3v) is 5.02. The van der Waals surface area contributed by atoms with Crippen molar-refractivity contribution < 1.29 is 9.53 Å². The normalized spacial score (nSPS) is 18.5. The molecule has 4 N–H and O–H groups in total. The first-order chi connectivity index (χ1) is 12.0. The van der Waals surface area contributed by atoms with Gasteiger partial charge in [0, 0.05) is 17.0 Å². The van der Waals surface area contributed by atoms with Gasteiger partial charge in [-0.1, -0.05) is 29.8 Å². The summed E-state index contributed by atoms with van der Waals surface area (Å²) in [6.45, 7) is 0.294. The number of halogens is 2. The van der Waals surface area contributed by atoms with E-state index in [2.05, 4.69) is 24.3 Å². The molecular weight excluding hydrogens is 371 g/mol. The predicted molar refractivity (Wildman–Crippen MR) is 107 cm³/mol. The molecule has 2 atom stereocenters. The molecule has 2 aromatic carbocycles. The van der Waals surface area contributed by atoms with E-state index in [-0.39, 0.29) is 36.7 Å². The number of hydrogen-bond donors (Lipinski definition) is 2. The maximum atomic E-state index is 10.9. The van der Waals surface area contributed by atoms with Crippen molar-refractivity contribution in [2.24, 2.45) is 11.5 Å². The highest BCUT2D eigenvalue weighted by molar-refractivity contribution is 6.30. The van der Waals surface area contributed by atoms with Crippen LogP contribution in [0.2, 0.25) is 5.02 Å². The lowest BCUT2D eigenvalue weighted by molar-refractivity contribution is -0.118. The van der Waals surface area contributed by atoms with Gasteiger partial charge in [-0.15, -0.1) is 12.4 Å². The highest BCUT2D eigenvalue weighted by Gasteiger charge is 2.27. The second-order valence-corrected chi connectivity index (χ2v) is 7.00. The van der Waals surface area contributed by atoms with Gasteiger partial charge in [-0.25, -0.2) is 0 Å². The van der Waals surface area contributed by atoms with Crippen LogP contribution in [0.1, 0.15) is 35.4 Å². The number of primary amides is 1. The molecule has 0 saturated carbocycles. The Balaban J connectivity index is 0.00000243. The van der Waals surface area contributed by atoms with Gasteiger partial charge in [0.15, 0.2) is 0 Å². The summed E-state index contributed by atoms with van der Waals surface area (Å²) >= 11 is 5.98. The summed E-state index contributed by atoms with van der Waals surface area (Å²) in [7, 11) is 0. The van der Waals surface area contributed by atoms with Crippen molar-refractivity contribution >= 4 is 29.9 Å². The molecule has 0 bridgehead atoms. The molecule has 1 amide bonds. The minimum absolute atomic E-state index is 0. The fourth-order valence-corrected chi connectivity index (χ4v) is 3.52. The van der Waals surface area contributed by atoms with Crippen molar-refractivity contribution in [3.05, 3.63) is 64.2 Å². The second kappa shape index (κ2) is 9.26. The quantitative estimate of drug-likeness (QED) is 0.784. The highest BCUT2D eigenvalue weighted by Crippen LogP contribution is 2.36. The van der Waals surface area contributed by atoms with Crippen LogP contribution in [0.4, 0.5) is 0 Å². The van der Waals surface area contributed by atoms with Crippen LogP contribution in [0.25, 0.3) is 0 Å². The molecule has 1 aliphatic rings. The van der Waals surface area contributed by atoms with Gasteiger partial charge < -0.3 is 16.2 Å². The van der Waals surface area contributed by atoms with Crippen molar-refractivity contribution in [2.45, 2.75) is 37.6 Å². The molecule has 0 aromatic heterocycles. The number of amides is 1. The first kappa shape index (κ1) is 20.6. The fourth-order valence-electron chi connectivity index (χ4n) is 3.39. The van der Waals surface area contributed by atoms with E-state index in [4.69, 9.17) is 27.8 Å². The van der Waals surface area contributed by atoms with E-state index in [0.717, 1.165) is 30.0 Å². The Kier molecular flexibility index (Phi) is 7.33. The molecule has 26 heavy (non-hydrogen) atoms. The van der Waals surface area contributed by atoms with Gasteiger partial charge in [-0.2, -0.15) is 0 Å². The minimum atomic E-state index is -0.361. The maximum absolute atomic E-state index is 10.9. The van der Waals surface area contributed by atoms with Crippen molar-refractivity contribution in [1.29, 1.82) is 0 Å². The zero-order valence-corrected chi connectivity index (χ0v) is 16.1. The molecule has 6 heteroatoms. The van der Waals surface area contributed by atoms with E-state index in [0.29, 0.717) is 6.61 Å². The summed E-state index contributed by atoms with van der Waals surface area (Å²) in [4.78, 5) is 10.9. The Morgan fingerprint density at radius 2 is 1.92 bits per heavy atom. The summed E-state index contributed by atoms with van der Waals surface area (Å²) in [6, 6.07) is 14.2. The molecule has 0 fully saturated rings. The molecule has 2 unspecified atom stereocenters. The molecular formula is C20H24Cl2N2O2. The number of ether oxygens (including phenoxy) is 1. The molecule has 0 saturated heterocycles. The van der Waals surface area contributed by atoms with E-state index >= 15 is 0 Å². The van der Waals surface area contributed by atoms with Crippen LogP contribution in [0.3, 0.4) is 0 Å². The molecule has 140 valence electrons. The van der Waals surface area contributed by atoms with Gasteiger partial charge in [0.25, 0.3) is 0 Å². The number of carbonyl (C=O) groups is 1. The topological polar surface area (TPSA) is 78.3 Å². The van der Waals surface area contributed by atoms with Crippen LogP contribution in [0.15, 0.2) is 42.5 Å². The Morgan fingerprint density at radius 1 is 1.19 bits per heavy atom. The first-order valence-corrected chi connectivity index (χ1v) is 8.94. The van der Waals surface area contributed by atoms with E-state index in [1.807, 2.05) is 18.2 Å². The SMILES string of the molecule is Cl.NC(=O)CCOc1ccc2c(c1)C(Cc1ccc(Cl)cc1)C(N)CC2. The lowest BCUT2D eigenvalue weighted by Gasteiger charge is -2.32. The van der Waals surface area contributed by atoms with Gasteiger partial charge in [0.2, 0.25) is 5.91 Å². The summed E-state index contributed by atoms with van der Waals surface area (Å²) in [5.74, 6) is 0.639. The molecule has 2 aromatic rings. The molecule has 1 aliphatic carbocycles. The monoisotopic (exact) mass is 394 g/mol. The van der Waals surface area contributed by atoms with E-state index in [1.165, 1.54) is 16.7 Å². The van der Waals surface area contributed by atoms with E-state index in [1.54, 1.807) is 0 Å². The van der Waals surface area contributed by atoms with Gasteiger partial charge in [0.05, 0.1) is 13.0 Å². The Labute approximate surface area is 165 Å². The van der Waals surface area contributed by atoms with Crippen LogP contribution in [-0.4, -0.2) is 18.6 Å². The number of carbonyl (C=O) groups excluding carboxylic acids is 1. The van der Waals surface area contributed by atoms with Gasteiger partial charge in [-0.3, -0.25) is 4.79 Å². The van der Waals surface area contributed by atoms with E-state index in [9.17, 15) is 4.79 Å². The predicted octanol–water partition coefficient (Wildman–Crippen LogP) is 3.62. The maximum Gasteiger partial charge on any atom is 0.220 e. The summed E-state index contributed by atoms with van der Waals surface area (Å²) < 4.78 is 5.67. The summed E-state index contributed by atoms with van der Waals surface area (Å²) in [5, 5.41) is 0.738. The van der Waals surface area contributed by atoms with Gasteiger partial charge in [-0.05, 0) is 60.2 Å². The molecule has 0 radical (unpaired) electrons. The zero-order valence-electron chi connectivity index (χ0n) is 14.5. The van der Waals surface area contributed by atoms with Crippen molar-refractivity contribution in [1.82, 2.24) is 0 Å². The average Bonchev–Trinajstić information content (AvgIpc) is 2.59. The molecule has 0 aliphatic heterocycles. The smallest absolute Gasteiger partial charge is 0.220 e. The number of aryl methyl sites for hydroxylation is 1. The van der Waals surface area contributed by atoms with E-state index < -0.39 is 0 Å². The number of benzene rings is 2. The van der Waals surface area contributed by atoms with Gasteiger partial charge in [0.1, 0.15) is 5.75 Å². The average molecular weight is 395 g/mol. The minimum Gasteiger partial charge on any atom is -0.493 e. The van der Waals surface area contributed by atoms with Crippen molar-refractivity contribution in [3.63, 3.8) is 0 Å². The third-order valence-electron chi connectivity index (χ3n) is 4.77. The summed E-state index contributed by atoms with van der Waals surface area (Å²) in [6.07, 6.45) is 3.04. The highest BCUT2D eigenvalue weighted by atomic mass is 35.5. The van der Waals surface area contributed by atoms with Crippen LogP contribution in [0.5, 0.6) is 5.75 Å². The number of rotatable bonds is 6. The first-order valence-electron chi connectivity index (χ1n) is 8.57. The van der Waals surface area contributed by atoms with Crippen LogP contribution in [0, 0.1) is 0 Å². The molecule has 4 nitrogen and oxygen atoms in total. The number of nitrogens with two attached hydrogens (primary N) is 2. The molecule has 0 heterocycles. The molecule has 0 spiro atoms. The van der Waals surface area contributed by atoms with Crippen LogP contribution >= 0.6 is 24.0 Å². The zero-order chi connectivity index (χ0) is 17.8. The lowest BCUT2D eigenvalue weighted by Crippen LogP contribution is -2.34. The lowest BCUT2D eigenvalue weighted by atomic mass is 9.76. The second-order valence-electron chi connectivity index (χ2n) is 6.57. The standard InChI is InChI=1S/C20H23ClN2O2.ClH/c21-15-5-1-13(2-6-15)11-18-17-12-16(25-10-9-20(23)24)7-3-14(17)4-8-19(18)22;/h1-3,5-7,12,18-19H,4,8-11,22H2,(H2,23,24);1H. The largest absolute Gasteiger partial charge is 0.493 e. The summed E-state index contributed by atoms with van der Waals surface area (Å²) in [5.41, 5.74) is 15.4. The van der Waals surface area contributed by atoms with Crippen molar-refractivity contribution in [2.75, 3.05) is 6.61 Å². The Hall–Kier alpha value is -1.75. The van der Waals surface area contributed by atoms with Crippen molar-refractivity contribution in [3.8, 4) is 5.75 Å². The van der Waals surface area contributed by atoms with Crippen LogP contribution < -0.4 is 16.2 Å². The Bertz CT molecular complexity index is 750. The third kappa shape index (κ3) is 5.13. The number of hydrogen-bond acceptors (Lipinski definition) is 3. The molecule has 3 rings (SSSR count).